The molecule has 28 heavy (non-hydrogen) atoms. The first-order valence-corrected chi connectivity index (χ1v) is 10.3. The van der Waals surface area contributed by atoms with Gasteiger partial charge in [0.1, 0.15) is 11.4 Å². The Morgan fingerprint density at radius 2 is 1.93 bits per heavy atom. The van der Waals surface area contributed by atoms with Crippen molar-refractivity contribution in [3.05, 3.63) is 61.7 Å². The molecule has 0 spiro atoms. The molecule has 2 aromatic rings. The number of ether oxygens (including phenoxy) is 1. The number of hydrogen-bond donors (Lipinski definition) is 1. The fourth-order valence-electron chi connectivity index (χ4n) is 3.27. The van der Waals surface area contributed by atoms with E-state index in [-0.39, 0.29) is 22.6 Å². The predicted octanol–water partition coefficient (Wildman–Crippen LogP) is 4.31. The summed E-state index contributed by atoms with van der Waals surface area (Å²) in [5, 5.41) is 14.6. The first-order chi connectivity index (χ1) is 13.5. The SMILES string of the molecule is CCOc1ccc(C(=O)N2CCC(Nc3ccc(I)cc3[N+](=O)[O-])CC2)cc1. The van der Waals surface area contributed by atoms with Crippen molar-refractivity contribution < 1.29 is 14.5 Å². The van der Waals surface area contributed by atoms with E-state index in [9.17, 15) is 14.9 Å². The molecule has 1 amide bonds. The third-order valence-electron chi connectivity index (χ3n) is 4.71. The minimum Gasteiger partial charge on any atom is -0.494 e. The molecule has 1 aliphatic heterocycles. The number of nitro benzene ring substituents is 1. The molecule has 0 unspecified atom stereocenters. The summed E-state index contributed by atoms with van der Waals surface area (Å²) in [7, 11) is 0. The number of nitrogens with one attached hydrogen (secondary N) is 1. The topological polar surface area (TPSA) is 84.7 Å². The van der Waals surface area contributed by atoms with Crippen molar-refractivity contribution in [2.24, 2.45) is 0 Å². The Morgan fingerprint density at radius 1 is 1.25 bits per heavy atom. The lowest BCUT2D eigenvalue weighted by Gasteiger charge is -2.33. The number of rotatable bonds is 6. The standard InChI is InChI=1S/C20H22IN3O4/c1-2-28-17-6-3-14(4-7-17)20(25)23-11-9-16(10-12-23)22-18-8-5-15(21)13-19(18)24(26)27/h3-8,13,16,22H,2,9-12H2,1H3. The highest BCUT2D eigenvalue weighted by Crippen LogP contribution is 2.28. The van der Waals surface area contributed by atoms with Crippen LogP contribution >= 0.6 is 22.6 Å². The molecular weight excluding hydrogens is 473 g/mol. The lowest BCUT2D eigenvalue weighted by atomic mass is 10.0. The Bertz CT molecular complexity index is 849. The van der Waals surface area contributed by atoms with Crippen molar-refractivity contribution in [1.82, 2.24) is 4.90 Å². The molecule has 1 aliphatic rings. The number of amides is 1. The summed E-state index contributed by atoms with van der Waals surface area (Å²) >= 11 is 2.06. The second-order valence-electron chi connectivity index (χ2n) is 6.59. The van der Waals surface area contributed by atoms with E-state index < -0.39 is 0 Å². The summed E-state index contributed by atoms with van der Waals surface area (Å²) in [6.45, 7) is 3.73. The minimum atomic E-state index is -0.366. The van der Waals surface area contributed by atoms with Crippen LogP contribution in [0.1, 0.15) is 30.1 Å². The Morgan fingerprint density at radius 3 is 2.54 bits per heavy atom. The van der Waals surface area contributed by atoms with Crippen LogP contribution in [0.15, 0.2) is 42.5 Å². The van der Waals surface area contributed by atoms with E-state index >= 15 is 0 Å². The molecule has 1 fully saturated rings. The maximum absolute atomic E-state index is 12.7. The second-order valence-corrected chi connectivity index (χ2v) is 7.83. The quantitative estimate of drug-likeness (QED) is 0.367. The summed E-state index contributed by atoms with van der Waals surface area (Å²) < 4.78 is 6.23. The number of benzene rings is 2. The van der Waals surface area contributed by atoms with Crippen LogP contribution in [-0.4, -0.2) is 41.5 Å². The van der Waals surface area contributed by atoms with Gasteiger partial charge in [-0.15, -0.1) is 0 Å². The molecule has 1 saturated heterocycles. The van der Waals surface area contributed by atoms with Gasteiger partial charge in [-0.25, -0.2) is 0 Å². The molecular formula is C20H22IN3O4. The molecule has 8 heteroatoms. The number of halogens is 1. The molecule has 1 N–H and O–H groups in total. The van der Waals surface area contributed by atoms with E-state index in [4.69, 9.17) is 4.74 Å². The number of piperidine rings is 1. The molecule has 0 aliphatic carbocycles. The van der Waals surface area contributed by atoms with Gasteiger partial charge in [0.05, 0.1) is 11.5 Å². The predicted molar refractivity (Wildman–Crippen MR) is 116 cm³/mol. The lowest BCUT2D eigenvalue weighted by Crippen LogP contribution is -2.42. The number of carbonyl (C=O) groups excluding carboxylic acids is 1. The van der Waals surface area contributed by atoms with Crippen molar-refractivity contribution in [2.45, 2.75) is 25.8 Å². The average Bonchev–Trinajstić information content (AvgIpc) is 2.70. The van der Waals surface area contributed by atoms with Crippen LogP contribution in [-0.2, 0) is 0 Å². The summed E-state index contributed by atoms with van der Waals surface area (Å²) in [5.74, 6) is 0.753. The number of anilines is 1. The molecule has 0 aromatic heterocycles. The van der Waals surface area contributed by atoms with Gasteiger partial charge in [-0.1, -0.05) is 0 Å². The van der Waals surface area contributed by atoms with Gasteiger partial charge in [0, 0.05) is 34.3 Å². The molecule has 0 bridgehead atoms. The van der Waals surface area contributed by atoms with Crippen LogP contribution in [0.5, 0.6) is 5.75 Å². The normalized spacial score (nSPS) is 14.6. The van der Waals surface area contributed by atoms with Crippen molar-refractivity contribution in [3.63, 3.8) is 0 Å². The maximum Gasteiger partial charge on any atom is 0.293 e. The van der Waals surface area contributed by atoms with Crippen LogP contribution in [0, 0.1) is 13.7 Å². The second kappa shape index (κ2) is 9.22. The number of likely N-dealkylation sites (tertiary alicyclic amines) is 1. The highest BCUT2D eigenvalue weighted by Gasteiger charge is 2.25. The molecule has 148 valence electrons. The van der Waals surface area contributed by atoms with Gasteiger partial charge < -0.3 is 15.0 Å². The van der Waals surface area contributed by atoms with E-state index in [1.165, 1.54) is 0 Å². The zero-order valence-corrected chi connectivity index (χ0v) is 17.7. The minimum absolute atomic E-state index is 0.00161. The van der Waals surface area contributed by atoms with Crippen LogP contribution in [0.2, 0.25) is 0 Å². The highest BCUT2D eigenvalue weighted by molar-refractivity contribution is 14.1. The van der Waals surface area contributed by atoms with Crippen LogP contribution < -0.4 is 10.1 Å². The molecule has 0 radical (unpaired) electrons. The molecule has 0 saturated carbocycles. The van der Waals surface area contributed by atoms with Crippen molar-refractivity contribution in [1.29, 1.82) is 0 Å². The Balaban J connectivity index is 1.59. The van der Waals surface area contributed by atoms with Crippen molar-refractivity contribution in [2.75, 3.05) is 25.0 Å². The van der Waals surface area contributed by atoms with E-state index in [0.717, 1.165) is 22.2 Å². The number of hydrogen-bond acceptors (Lipinski definition) is 5. The van der Waals surface area contributed by atoms with E-state index in [1.807, 2.05) is 17.9 Å². The third-order valence-corrected chi connectivity index (χ3v) is 5.38. The summed E-state index contributed by atoms with van der Waals surface area (Å²) in [4.78, 5) is 25.4. The largest absolute Gasteiger partial charge is 0.494 e. The zero-order chi connectivity index (χ0) is 20.1. The lowest BCUT2D eigenvalue weighted by molar-refractivity contribution is -0.384. The third kappa shape index (κ3) is 4.92. The van der Waals surface area contributed by atoms with E-state index in [2.05, 4.69) is 27.9 Å². The highest BCUT2D eigenvalue weighted by atomic mass is 127. The average molecular weight is 495 g/mol. The Labute approximate surface area is 177 Å². The number of nitro groups is 1. The fraction of sp³-hybridized carbons (Fsp3) is 0.350. The van der Waals surface area contributed by atoms with Crippen LogP contribution in [0.3, 0.4) is 0 Å². The van der Waals surface area contributed by atoms with E-state index in [1.54, 1.807) is 36.4 Å². The smallest absolute Gasteiger partial charge is 0.293 e. The van der Waals surface area contributed by atoms with Crippen molar-refractivity contribution >= 4 is 39.9 Å². The molecule has 7 nitrogen and oxygen atoms in total. The zero-order valence-electron chi connectivity index (χ0n) is 15.6. The number of carbonyl (C=O) groups is 1. The van der Waals surface area contributed by atoms with Crippen LogP contribution in [0.4, 0.5) is 11.4 Å². The summed E-state index contributed by atoms with van der Waals surface area (Å²) in [6.07, 6.45) is 1.48. The Kier molecular flexibility index (Phi) is 6.71. The van der Waals surface area contributed by atoms with Gasteiger partial charge in [-0.3, -0.25) is 14.9 Å². The Hall–Kier alpha value is -2.36. The summed E-state index contributed by atoms with van der Waals surface area (Å²) in [6, 6.07) is 12.4. The molecule has 3 rings (SSSR count). The van der Waals surface area contributed by atoms with Gasteiger partial charge >= 0.3 is 0 Å². The first kappa shape index (κ1) is 20.4. The van der Waals surface area contributed by atoms with Crippen molar-refractivity contribution in [3.8, 4) is 5.75 Å². The molecule has 2 aromatic carbocycles. The van der Waals surface area contributed by atoms with E-state index in [0.29, 0.717) is 30.9 Å². The van der Waals surface area contributed by atoms with Crippen LogP contribution in [0.25, 0.3) is 0 Å². The van der Waals surface area contributed by atoms with Gasteiger partial charge in [-0.05, 0) is 78.8 Å². The van der Waals surface area contributed by atoms with Gasteiger partial charge in [0.15, 0.2) is 0 Å². The first-order valence-electron chi connectivity index (χ1n) is 9.20. The summed E-state index contributed by atoms with van der Waals surface area (Å²) in [5.41, 5.74) is 1.25. The molecule has 0 atom stereocenters. The van der Waals surface area contributed by atoms with Gasteiger partial charge in [0.25, 0.3) is 11.6 Å². The van der Waals surface area contributed by atoms with Gasteiger partial charge in [-0.2, -0.15) is 0 Å². The fourth-order valence-corrected chi connectivity index (χ4v) is 3.74. The molecule has 1 heterocycles. The monoisotopic (exact) mass is 495 g/mol. The maximum atomic E-state index is 12.7. The van der Waals surface area contributed by atoms with Gasteiger partial charge in [0.2, 0.25) is 0 Å². The number of nitrogens with zero attached hydrogens (tertiary/aromatic N) is 2.